The molecule has 1 amide bonds. The minimum Gasteiger partial charge on any atom is -0.467 e. The molecule has 0 saturated carbocycles. The van der Waals surface area contributed by atoms with E-state index < -0.39 is 0 Å². The van der Waals surface area contributed by atoms with Crippen LogP contribution in [0.4, 0.5) is 5.82 Å². The summed E-state index contributed by atoms with van der Waals surface area (Å²) >= 11 is 0. The van der Waals surface area contributed by atoms with Crippen LogP contribution in [0.2, 0.25) is 0 Å². The number of hydrazine groups is 1. The number of carbonyl (C=O) groups is 1. The second-order valence-electron chi connectivity index (χ2n) is 3.71. The molecule has 0 radical (unpaired) electrons. The second-order valence-corrected chi connectivity index (χ2v) is 3.71. The van der Waals surface area contributed by atoms with E-state index in [-0.39, 0.29) is 18.0 Å². The summed E-state index contributed by atoms with van der Waals surface area (Å²) in [7, 11) is 3.17. The molecule has 0 bridgehead atoms. The van der Waals surface area contributed by atoms with Gasteiger partial charge in [-0.2, -0.15) is 4.98 Å². The van der Waals surface area contributed by atoms with Gasteiger partial charge in [0.1, 0.15) is 11.9 Å². The van der Waals surface area contributed by atoms with Crippen molar-refractivity contribution in [2.24, 2.45) is 0 Å². The van der Waals surface area contributed by atoms with Gasteiger partial charge in [-0.15, -0.1) is 0 Å². The van der Waals surface area contributed by atoms with Gasteiger partial charge in [0, 0.05) is 19.8 Å². The van der Waals surface area contributed by atoms with E-state index in [0.29, 0.717) is 5.82 Å². The topological polar surface area (TPSA) is 79.4 Å². The largest absolute Gasteiger partial charge is 0.467 e. The third-order valence-corrected chi connectivity index (χ3v) is 2.61. The maximum atomic E-state index is 12.1. The molecule has 2 heterocycles. The van der Waals surface area contributed by atoms with Gasteiger partial charge < -0.3 is 4.74 Å². The molecule has 1 aromatic rings. The van der Waals surface area contributed by atoms with E-state index in [0.717, 1.165) is 13.0 Å². The number of likely N-dealkylation sites (N-methyl/N-ethyl adjacent to an activating group) is 1. The minimum absolute atomic E-state index is 0.0317. The van der Waals surface area contributed by atoms with Crippen LogP contribution in [0.15, 0.2) is 12.3 Å². The Morgan fingerprint density at radius 1 is 1.65 bits per heavy atom. The number of ether oxygens (including phenoxy) is 1. The summed E-state index contributed by atoms with van der Waals surface area (Å²) in [5.74, 6) is 0.492. The summed E-state index contributed by atoms with van der Waals surface area (Å²) in [6.45, 7) is 0.789. The Labute approximate surface area is 99.2 Å². The third-order valence-electron chi connectivity index (χ3n) is 2.61. The number of rotatable bonds is 3. The first-order chi connectivity index (χ1) is 8.22. The van der Waals surface area contributed by atoms with E-state index >= 15 is 0 Å². The van der Waals surface area contributed by atoms with Crippen LogP contribution < -0.4 is 20.5 Å². The Balaban J connectivity index is 2.12. The lowest BCUT2D eigenvalue weighted by atomic mass is 10.2. The van der Waals surface area contributed by atoms with Crippen molar-refractivity contribution < 1.29 is 9.53 Å². The van der Waals surface area contributed by atoms with Gasteiger partial charge >= 0.3 is 6.01 Å². The summed E-state index contributed by atoms with van der Waals surface area (Å²) in [6.07, 6.45) is 2.33. The van der Waals surface area contributed by atoms with Crippen molar-refractivity contribution in [1.82, 2.24) is 20.8 Å². The molecular weight excluding hydrogens is 222 g/mol. The molecule has 92 valence electrons. The molecule has 1 atom stereocenters. The maximum Gasteiger partial charge on any atom is 0.318 e. The van der Waals surface area contributed by atoms with Crippen LogP contribution in [0.3, 0.4) is 0 Å². The smallest absolute Gasteiger partial charge is 0.318 e. The van der Waals surface area contributed by atoms with E-state index in [4.69, 9.17) is 4.74 Å². The highest BCUT2D eigenvalue weighted by molar-refractivity contribution is 5.96. The average molecular weight is 237 g/mol. The lowest BCUT2D eigenvalue weighted by molar-refractivity contribution is -0.120. The highest BCUT2D eigenvalue weighted by Gasteiger charge is 2.26. The molecule has 1 saturated heterocycles. The molecule has 0 spiro atoms. The molecule has 2 N–H and O–H groups in total. The average Bonchev–Trinajstić information content (AvgIpc) is 2.91. The van der Waals surface area contributed by atoms with E-state index in [2.05, 4.69) is 20.8 Å². The van der Waals surface area contributed by atoms with E-state index in [9.17, 15) is 4.79 Å². The van der Waals surface area contributed by atoms with Crippen molar-refractivity contribution in [3.8, 4) is 6.01 Å². The molecule has 1 unspecified atom stereocenters. The lowest BCUT2D eigenvalue weighted by Gasteiger charge is -2.19. The van der Waals surface area contributed by atoms with Gasteiger partial charge in [-0.1, -0.05) is 0 Å². The Kier molecular flexibility index (Phi) is 3.50. The first-order valence-corrected chi connectivity index (χ1v) is 5.35. The molecule has 0 aromatic carbocycles. The fraction of sp³-hybridized carbons (Fsp3) is 0.500. The Bertz CT molecular complexity index is 405. The number of anilines is 1. The molecule has 7 heteroatoms. The number of nitrogens with zero attached hydrogens (tertiary/aromatic N) is 3. The number of hydrogen-bond acceptors (Lipinski definition) is 6. The molecule has 0 aliphatic carbocycles. The van der Waals surface area contributed by atoms with Gasteiger partial charge in [0.25, 0.3) is 0 Å². The predicted molar refractivity (Wildman–Crippen MR) is 61.5 cm³/mol. The summed E-state index contributed by atoms with van der Waals surface area (Å²) in [6, 6.07) is 1.71. The fourth-order valence-electron chi connectivity index (χ4n) is 1.63. The highest BCUT2D eigenvalue weighted by Crippen LogP contribution is 2.13. The van der Waals surface area contributed by atoms with Crippen LogP contribution in [0.5, 0.6) is 6.01 Å². The fourth-order valence-corrected chi connectivity index (χ4v) is 1.63. The van der Waals surface area contributed by atoms with Crippen molar-refractivity contribution in [3.63, 3.8) is 0 Å². The zero-order valence-corrected chi connectivity index (χ0v) is 9.80. The van der Waals surface area contributed by atoms with Crippen molar-refractivity contribution in [3.05, 3.63) is 12.3 Å². The monoisotopic (exact) mass is 237 g/mol. The van der Waals surface area contributed by atoms with Crippen LogP contribution in [-0.2, 0) is 4.79 Å². The summed E-state index contributed by atoms with van der Waals surface area (Å²) in [4.78, 5) is 21.6. The van der Waals surface area contributed by atoms with Gasteiger partial charge in [-0.05, 0) is 12.5 Å². The molecule has 7 nitrogen and oxygen atoms in total. The minimum atomic E-state index is -0.207. The van der Waals surface area contributed by atoms with Crippen LogP contribution in [0.25, 0.3) is 0 Å². The van der Waals surface area contributed by atoms with Gasteiger partial charge in [0.2, 0.25) is 5.91 Å². The summed E-state index contributed by atoms with van der Waals surface area (Å²) in [5.41, 5.74) is 5.85. The normalized spacial score (nSPS) is 19.1. The van der Waals surface area contributed by atoms with Crippen molar-refractivity contribution in [2.45, 2.75) is 12.5 Å². The quantitative estimate of drug-likeness (QED) is 0.724. The summed E-state index contributed by atoms with van der Waals surface area (Å²) < 4.78 is 4.92. The Hall–Kier alpha value is -1.73. The summed E-state index contributed by atoms with van der Waals surface area (Å²) in [5, 5.41) is 0. The van der Waals surface area contributed by atoms with Crippen LogP contribution >= 0.6 is 0 Å². The number of methoxy groups -OCH3 is 1. The molecule has 1 fully saturated rings. The Morgan fingerprint density at radius 2 is 2.47 bits per heavy atom. The van der Waals surface area contributed by atoms with Gasteiger partial charge in [-0.25, -0.2) is 10.4 Å². The number of amides is 1. The van der Waals surface area contributed by atoms with Crippen LogP contribution in [0, 0.1) is 0 Å². The van der Waals surface area contributed by atoms with E-state index in [1.807, 2.05) is 0 Å². The van der Waals surface area contributed by atoms with Crippen molar-refractivity contribution in [1.29, 1.82) is 0 Å². The van der Waals surface area contributed by atoms with Crippen LogP contribution in [0.1, 0.15) is 6.42 Å². The number of carbonyl (C=O) groups excluding carboxylic acids is 1. The van der Waals surface area contributed by atoms with E-state index in [1.165, 1.54) is 12.0 Å². The third kappa shape index (κ3) is 2.51. The zero-order valence-electron chi connectivity index (χ0n) is 9.80. The lowest BCUT2D eigenvalue weighted by Crippen LogP contribution is -2.44. The predicted octanol–water partition coefficient (Wildman–Crippen LogP) is -0.685. The first kappa shape index (κ1) is 11.7. The van der Waals surface area contributed by atoms with Crippen LogP contribution in [-0.4, -0.2) is 42.6 Å². The molecule has 1 aromatic heterocycles. The maximum absolute atomic E-state index is 12.1. The molecule has 1 aliphatic rings. The van der Waals surface area contributed by atoms with Crippen molar-refractivity contribution in [2.75, 3.05) is 25.6 Å². The Morgan fingerprint density at radius 3 is 3.12 bits per heavy atom. The van der Waals surface area contributed by atoms with Gasteiger partial charge in [0.05, 0.1) is 7.11 Å². The number of aromatic nitrogens is 2. The molecule has 2 rings (SSSR count). The van der Waals surface area contributed by atoms with E-state index in [1.54, 1.807) is 19.3 Å². The van der Waals surface area contributed by atoms with Gasteiger partial charge in [0.15, 0.2) is 0 Å². The molecule has 1 aliphatic heterocycles. The molecular formula is C10H15N5O2. The van der Waals surface area contributed by atoms with Crippen molar-refractivity contribution >= 4 is 11.7 Å². The second kappa shape index (κ2) is 5.07. The first-order valence-electron chi connectivity index (χ1n) is 5.35. The van der Waals surface area contributed by atoms with Gasteiger partial charge in [-0.3, -0.25) is 15.1 Å². The standard InChI is InChI=1S/C10H15N5O2/c1-15(9(16)7-3-6-12-14-7)8-4-5-11-10(13-8)17-2/h4-5,7,12,14H,3,6H2,1-2H3. The zero-order chi connectivity index (χ0) is 12.3. The SMILES string of the molecule is COc1nccc(N(C)C(=O)C2CCNN2)n1. The number of nitrogens with one attached hydrogen (secondary N) is 2. The molecule has 17 heavy (non-hydrogen) atoms. The highest BCUT2D eigenvalue weighted by atomic mass is 16.5. The number of hydrogen-bond donors (Lipinski definition) is 2.